The van der Waals surface area contributed by atoms with Crippen LogP contribution in [0, 0.1) is 0 Å². The Balaban J connectivity index is 1.03. The Morgan fingerprint density at radius 2 is 1.52 bits per heavy atom. The van der Waals surface area contributed by atoms with Gasteiger partial charge in [0.15, 0.2) is 0 Å². The SMILES string of the molecule is O=C(C[C@H]1CC[C@H]2[C@@H](COC[C@H](O)CN2Cc2ccc(Oc3ccccc3)cc2)O1)N1CCN(c2ccccc2)CC1. The van der Waals surface area contributed by atoms with E-state index in [-0.39, 0.29) is 30.8 Å². The Morgan fingerprint density at radius 1 is 0.833 bits per heavy atom. The van der Waals surface area contributed by atoms with Crippen molar-refractivity contribution in [3.05, 3.63) is 90.5 Å². The van der Waals surface area contributed by atoms with Crippen molar-refractivity contribution in [1.29, 1.82) is 0 Å². The van der Waals surface area contributed by atoms with Crippen LogP contribution in [-0.4, -0.2) is 91.1 Å². The molecule has 0 radical (unpaired) electrons. The molecule has 3 aromatic carbocycles. The van der Waals surface area contributed by atoms with Gasteiger partial charge in [0.2, 0.25) is 5.91 Å². The van der Waals surface area contributed by atoms with E-state index in [0.717, 1.165) is 56.1 Å². The minimum absolute atomic E-state index is 0.112. The van der Waals surface area contributed by atoms with Gasteiger partial charge in [-0.15, -0.1) is 0 Å². The average Bonchev–Trinajstić information content (AvgIpc) is 3.02. The van der Waals surface area contributed by atoms with Gasteiger partial charge in [-0.25, -0.2) is 0 Å². The van der Waals surface area contributed by atoms with Gasteiger partial charge >= 0.3 is 0 Å². The first kappa shape index (κ1) is 28.7. The van der Waals surface area contributed by atoms with Crippen LogP contribution in [0.1, 0.15) is 24.8 Å². The summed E-state index contributed by atoms with van der Waals surface area (Å²) in [4.78, 5) is 19.9. The largest absolute Gasteiger partial charge is 0.457 e. The fraction of sp³-hybridized carbons (Fsp3) is 0.441. The van der Waals surface area contributed by atoms with Crippen LogP contribution in [0.15, 0.2) is 84.9 Å². The monoisotopic (exact) mass is 571 g/mol. The molecule has 8 nitrogen and oxygen atoms in total. The second kappa shape index (κ2) is 13.7. The first-order chi connectivity index (χ1) is 20.6. The molecule has 0 aliphatic carbocycles. The van der Waals surface area contributed by atoms with E-state index in [1.165, 1.54) is 5.69 Å². The molecular weight excluding hydrogens is 530 g/mol. The summed E-state index contributed by atoms with van der Waals surface area (Å²) >= 11 is 0. The number of nitrogens with zero attached hydrogens (tertiary/aromatic N) is 3. The number of hydrogen-bond acceptors (Lipinski definition) is 7. The van der Waals surface area contributed by atoms with Gasteiger partial charge in [-0.05, 0) is 54.8 Å². The third kappa shape index (κ3) is 7.31. The average molecular weight is 572 g/mol. The Labute approximate surface area is 248 Å². The molecule has 6 rings (SSSR count). The van der Waals surface area contributed by atoms with Crippen molar-refractivity contribution < 1.29 is 24.1 Å². The zero-order valence-corrected chi connectivity index (χ0v) is 24.1. The lowest BCUT2D eigenvalue weighted by atomic mass is 9.94. The quantitative estimate of drug-likeness (QED) is 0.453. The number of fused-ring (bicyclic) bond motifs is 1. The van der Waals surface area contributed by atoms with E-state index in [9.17, 15) is 9.90 Å². The van der Waals surface area contributed by atoms with E-state index in [2.05, 4.69) is 46.2 Å². The lowest BCUT2D eigenvalue weighted by Crippen LogP contribution is -2.56. The van der Waals surface area contributed by atoms with E-state index in [0.29, 0.717) is 26.1 Å². The summed E-state index contributed by atoms with van der Waals surface area (Å²) in [6.45, 7) is 5.06. The summed E-state index contributed by atoms with van der Waals surface area (Å²) in [6, 6.07) is 28.4. The topological polar surface area (TPSA) is 74.7 Å². The van der Waals surface area contributed by atoms with Crippen LogP contribution in [0.25, 0.3) is 0 Å². The fourth-order valence-corrected chi connectivity index (χ4v) is 6.33. The first-order valence-electron chi connectivity index (χ1n) is 15.2. The summed E-state index contributed by atoms with van der Waals surface area (Å²) in [6.07, 6.45) is 1.30. The minimum Gasteiger partial charge on any atom is -0.457 e. The van der Waals surface area contributed by atoms with Crippen LogP contribution >= 0.6 is 0 Å². The number of hydrogen-bond donors (Lipinski definition) is 1. The molecule has 8 heteroatoms. The highest BCUT2D eigenvalue weighted by Crippen LogP contribution is 2.30. The van der Waals surface area contributed by atoms with Crippen LogP contribution in [0.4, 0.5) is 5.69 Å². The van der Waals surface area contributed by atoms with Gasteiger partial charge in [-0.1, -0.05) is 48.5 Å². The van der Waals surface area contributed by atoms with Gasteiger partial charge in [0.05, 0.1) is 37.9 Å². The minimum atomic E-state index is -0.555. The number of β-amino-alcohol motifs (C(OH)–C–C–N with tert-alkyl or cyclic N) is 1. The van der Waals surface area contributed by atoms with Crippen LogP contribution in [0.2, 0.25) is 0 Å². The number of piperazine rings is 1. The standard InChI is InChI=1S/C34H41N3O5/c38-28-23-37(22-26-11-13-30(14-12-26)41-29-9-5-2-6-10-29)32-16-15-31(42-33(32)25-40-24-28)21-34(39)36-19-17-35(18-20-36)27-7-3-1-4-8-27/h1-14,28,31-33,38H,15-25H2/t28-,31-,32+,33-/m1/s1. The van der Waals surface area contributed by atoms with Crippen molar-refractivity contribution >= 4 is 11.6 Å². The predicted molar refractivity (Wildman–Crippen MR) is 162 cm³/mol. The Bertz CT molecular complexity index is 1270. The van der Waals surface area contributed by atoms with Crippen LogP contribution in [0.5, 0.6) is 11.5 Å². The molecule has 1 amide bonds. The predicted octanol–water partition coefficient (Wildman–Crippen LogP) is 4.33. The number of carbonyl (C=O) groups is 1. The van der Waals surface area contributed by atoms with Gasteiger partial charge in [0.25, 0.3) is 0 Å². The van der Waals surface area contributed by atoms with Crippen molar-refractivity contribution in [2.75, 3.05) is 50.8 Å². The van der Waals surface area contributed by atoms with Crippen molar-refractivity contribution in [2.24, 2.45) is 0 Å². The molecule has 4 atom stereocenters. The lowest BCUT2D eigenvalue weighted by Gasteiger charge is -2.45. The van der Waals surface area contributed by atoms with Crippen molar-refractivity contribution in [2.45, 2.75) is 50.2 Å². The smallest absolute Gasteiger partial charge is 0.225 e. The molecule has 1 N–H and O–H groups in total. The van der Waals surface area contributed by atoms with Gasteiger partial charge in [-0.3, -0.25) is 9.69 Å². The molecule has 0 aromatic heterocycles. The second-order valence-corrected chi connectivity index (χ2v) is 11.5. The molecule has 3 heterocycles. The summed E-state index contributed by atoms with van der Waals surface area (Å²) in [5, 5.41) is 10.6. The fourth-order valence-electron chi connectivity index (χ4n) is 6.33. The third-order valence-electron chi connectivity index (χ3n) is 8.53. The Kier molecular flexibility index (Phi) is 9.35. The summed E-state index contributed by atoms with van der Waals surface area (Å²) < 4.78 is 18.3. The van der Waals surface area contributed by atoms with E-state index >= 15 is 0 Å². The highest BCUT2D eigenvalue weighted by molar-refractivity contribution is 5.77. The molecule has 42 heavy (non-hydrogen) atoms. The summed E-state index contributed by atoms with van der Waals surface area (Å²) in [7, 11) is 0. The number of ether oxygens (including phenoxy) is 3. The highest BCUT2D eigenvalue weighted by atomic mass is 16.5. The Morgan fingerprint density at radius 3 is 2.26 bits per heavy atom. The molecule has 3 aliphatic heterocycles. The van der Waals surface area contributed by atoms with E-state index in [1.807, 2.05) is 53.4 Å². The summed E-state index contributed by atoms with van der Waals surface area (Å²) in [5.41, 5.74) is 2.36. The summed E-state index contributed by atoms with van der Waals surface area (Å²) in [5.74, 6) is 1.77. The number of rotatable bonds is 7. The number of benzene rings is 3. The van der Waals surface area contributed by atoms with Gasteiger partial charge in [-0.2, -0.15) is 0 Å². The lowest BCUT2D eigenvalue weighted by molar-refractivity contribution is -0.161. The van der Waals surface area contributed by atoms with Crippen molar-refractivity contribution in [1.82, 2.24) is 9.80 Å². The zero-order valence-electron chi connectivity index (χ0n) is 24.1. The molecular formula is C34H41N3O5. The van der Waals surface area contributed by atoms with Crippen LogP contribution in [0.3, 0.4) is 0 Å². The molecule has 3 saturated heterocycles. The maximum atomic E-state index is 13.2. The molecule has 0 spiro atoms. The Hall–Kier alpha value is -3.43. The molecule has 3 fully saturated rings. The maximum Gasteiger partial charge on any atom is 0.225 e. The second-order valence-electron chi connectivity index (χ2n) is 11.5. The number of aliphatic hydroxyl groups is 1. The van der Waals surface area contributed by atoms with Crippen LogP contribution in [-0.2, 0) is 20.8 Å². The number of anilines is 1. The maximum absolute atomic E-state index is 13.2. The van der Waals surface area contributed by atoms with Gasteiger partial charge < -0.3 is 29.1 Å². The van der Waals surface area contributed by atoms with Gasteiger partial charge in [0.1, 0.15) is 11.5 Å². The number of para-hydroxylation sites is 2. The molecule has 3 aromatic rings. The number of amides is 1. The third-order valence-corrected chi connectivity index (χ3v) is 8.53. The number of carbonyl (C=O) groups excluding carboxylic acids is 1. The van der Waals surface area contributed by atoms with Crippen molar-refractivity contribution in [3.63, 3.8) is 0 Å². The molecule has 222 valence electrons. The number of aliphatic hydroxyl groups excluding tert-OH is 1. The molecule has 0 unspecified atom stereocenters. The zero-order chi connectivity index (χ0) is 28.7. The molecule has 0 saturated carbocycles. The van der Waals surface area contributed by atoms with E-state index in [4.69, 9.17) is 14.2 Å². The van der Waals surface area contributed by atoms with E-state index < -0.39 is 6.10 Å². The molecule has 0 bridgehead atoms. The van der Waals surface area contributed by atoms with E-state index in [1.54, 1.807) is 0 Å². The van der Waals surface area contributed by atoms with Gasteiger partial charge in [0, 0.05) is 51.0 Å². The highest BCUT2D eigenvalue weighted by Gasteiger charge is 2.38. The first-order valence-corrected chi connectivity index (χ1v) is 15.2. The normalized spacial score (nSPS) is 25.3. The molecule has 3 aliphatic rings. The van der Waals surface area contributed by atoms with Crippen molar-refractivity contribution in [3.8, 4) is 11.5 Å². The van der Waals surface area contributed by atoms with Crippen LogP contribution < -0.4 is 9.64 Å².